The number of hydrogen-bond acceptors (Lipinski definition) is 5. The van der Waals surface area contributed by atoms with Crippen molar-refractivity contribution >= 4 is 12.0 Å². The van der Waals surface area contributed by atoms with Gasteiger partial charge in [-0.25, -0.2) is 4.79 Å². The number of amides is 2. The Morgan fingerprint density at radius 1 is 1.32 bits per heavy atom. The van der Waals surface area contributed by atoms with Crippen molar-refractivity contribution in [3.63, 3.8) is 0 Å². The normalized spacial score (nSPS) is 20.4. The molecular weight excluding hydrogens is 324 g/mol. The van der Waals surface area contributed by atoms with Gasteiger partial charge in [0, 0.05) is 25.1 Å². The average Bonchev–Trinajstić information content (AvgIpc) is 3.05. The molecule has 0 N–H and O–H groups in total. The number of ether oxygens (including phenoxy) is 3. The van der Waals surface area contributed by atoms with E-state index < -0.39 is 6.09 Å². The van der Waals surface area contributed by atoms with E-state index >= 15 is 0 Å². The van der Waals surface area contributed by atoms with Crippen molar-refractivity contribution < 1.29 is 23.8 Å². The van der Waals surface area contributed by atoms with Crippen LogP contribution in [0.3, 0.4) is 0 Å². The molecule has 25 heavy (non-hydrogen) atoms. The summed E-state index contributed by atoms with van der Waals surface area (Å²) in [6.07, 6.45) is 1.57. The van der Waals surface area contributed by atoms with Crippen LogP contribution in [-0.2, 0) is 9.53 Å². The summed E-state index contributed by atoms with van der Waals surface area (Å²) in [7, 11) is 1.62. The van der Waals surface area contributed by atoms with Gasteiger partial charge >= 0.3 is 6.09 Å². The minimum atomic E-state index is -0.400. The molecule has 2 saturated heterocycles. The molecule has 1 aromatic carbocycles. The van der Waals surface area contributed by atoms with Crippen molar-refractivity contribution in [2.45, 2.75) is 12.8 Å². The van der Waals surface area contributed by atoms with Gasteiger partial charge in [0.2, 0.25) is 5.91 Å². The molecular formula is C18H24N2O5. The van der Waals surface area contributed by atoms with E-state index in [-0.39, 0.29) is 18.4 Å². The third-order valence-corrected chi connectivity index (χ3v) is 4.57. The number of benzene rings is 1. The highest BCUT2D eigenvalue weighted by atomic mass is 16.6. The molecule has 2 heterocycles. The van der Waals surface area contributed by atoms with E-state index in [2.05, 4.69) is 0 Å². The van der Waals surface area contributed by atoms with Crippen LogP contribution in [0.2, 0.25) is 0 Å². The molecule has 2 aliphatic rings. The highest BCUT2D eigenvalue weighted by Gasteiger charge is 2.29. The van der Waals surface area contributed by atoms with Gasteiger partial charge in [-0.3, -0.25) is 9.69 Å². The molecule has 7 nitrogen and oxygen atoms in total. The van der Waals surface area contributed by atoms with Gasteiger partial charge in [0.15, 0.2) is 0 Å². The van der Waals surface area contributed by atoms with E-state index in [0.717, 1.165) is 30.9 Å². The summed E-state index contributed by atoms with van der Waals surface area (Å²) in [4.78, 5) is 27.2. The van der Waals surface area contributed by atoms with Gasteiger partial charge in [-0.1, -0.05) is 6.07 Å². The lowest BCUT2D eigenvalue weighted by Crippen LogP contribution is -2.46. The Labute approximate surface area is 147 Å². The van der Waals surface area contributed by atoms with Crippen molar-refractivity contribution in [1.29, 1.82) is 0 Å². The quantitative estimate of drug-likeness (QED) is 0.784. The summed E-state index contributed by atoms with van der Waals surface area (Å²) >= 11 is 0. The monoisotopic (exact) mass is 348 g/mol. The van der Waals surface area contributed by atoms with E-state index in [1.165, 1.54) is 4.90 Å². The highest BCUT2D eigenvalue weighted by Crippen LogP contribution is 2.22. The number of carbonyl (C=O) groups excluding carboxylic acids is 2. The second kappa shape index (κ2) is 8.09. The fraction of sp³-hybridized carbons (Fsp3) is 0.556. The maximum Gasteiger partial charge on any atom is 0.410 e. The molecule has 0 spiro atoms. The average molecular weight is 348 g/mol. The van der Waals surface area contributed by atoms with Crippen LogP contribution in [0, 0.1) is 5.92 Å². The molecule has 2 fully saturated rings. The van der Waals surface area contributed by atoms with Crippen LogP contribution in [0.25, 0.3) is 0 Å². The van der Waals surface area contributed by atoms with Crippen LogP contribution in [0.5, 0.6) is 11.5 Å². The summed E-state index contributed by atoms with van der Waals surface area (Å²) in [6.45, 7) is 2.90. The van der Waals surface area contributed by atoms with Gasteiger partial charge in [0.05, 0.1) is 20.3 Å². The van der Waals surface area contributed by atoms with Crippen LogP contribution >= 0.6 is 0 Å². The first-order chi connectivity index (χ1) is 12.2. The van der Waals surface area contributed by atoms with Crippen molar-refractivity contribution in [3.05, 3.63) is 24.3 Å². The Morgan fingerprint density at radius 2 is 2.16 bits per heavy atom. The zero-order chi connectivity index (χ0) is 17.6. The van der Waals surface area contributed by atoms with Gasteiger partial charge in [0.25, 0.3) is 0 Å². The lowest BCUT2D eigenvalue weighted by molar-refractivity contribution is -0.133. The van der Waals surface area contributed by atoms with Crippen molar-refractivity contribution in [2.24, 2.45) is 5.92 Å². The second-order valence-corrected chi connectivity index (χ2v) is 6.37. The molecule has 1 aromatic rings. The van der Waals surface area contributed by atoms with Gasteiger partial charge in [-0.15, -0.1) is 0 Å². The third-order valence-electron chi connectivity index (χ3n) is 4.57. The number of nitrogens with zero attached hydrogens (tertiary/aromatic N) is 2. The maximum absolute atomic E-state index is 12.4. The molecule has 136 valence electrons. The van der Waals surface area contributed by atoms with E-state index in [9.17, 15) is 9.59 Å². The molecule has 0 saturated carbocycles. The Morgan fingerprint density at radius 3 is 2.92 bits per heavy atom. The summed E-state index contributed by atoms with van der Waals surface area (Å²) in [5.41, 5.74) is 0. The number of carbonyl (C=O) groups is 2. The summed E-state index contributed by atoms with van der Waals surface area (Å²) in [5, 5.41) is 0. The molecule has 0 aromatic heterocycles. The molecule has 2 amide bonds. The highest BCUT2D eigenvalue weighted by molar-refractivity contribution is 5.83. The van der Waals surface area contributed by atoms with Crippen LogP contribution in [0.4, 0.5) is 4.79 Å². The van der Waals surface area contributed by atoms with Gasteiger partial charge in [-0.2, -0.15) is 0 Å². The minimum Gasteiger partial charge on any atom is -0.497 e. The first-order valence-corrected chi connectivity index (χ1v) is 8.62. The molecule has 1 atom stereocenters. The zero-order valence-corrected chi connectivity index (χ0v) is 14.5. The van der Waals surface area contributed by atoms with Crippen molar-refractivity contribution in [3.8, 4) is 11.5 Å². The SMILES string of the molecule is COc1cccc(OCC2CCCN(C(=O)CN3CCOC3=O)C2)c1. The van der Waals surface area contributed by atoms with E-state index in [1.807, 2.05) is 29.2 Å². The van der Waals surface area contributed by atoms with Gasteiger partial charge < -0.3 is 19.1 Å². The van der Waals surface area contributed by atoms with Crippen LogP contribution in [-0.4, -0.2) is 68.3 Å². The van der Waals surface area contributed by atoms with Crippen LogP contribution in [0.1, 0.15) is 12.8 Å². The smallest absolute Gasteiger partial charge is 0.410 e. The molecule has 2 aliphatic heterocycles. The molecule has 0 bridgehead atoms. The first-order valence-electron chi connectivity index (χ1n) is 8.62. The Hall–Kier alpha value is -2.44. The van der Waals surface area contributed by atoms with Crippen LogP contribution < -0.4 is 9.47 Å². The molecule has 1 unspecified atom stereocenters. The van der Waals surface area contributed by atoms with Gasteiger partial charge in [-0.05, 0) is 25.0 Å². The summed E-state index contributed by atoms with van der Waals surface area (Å²) in [6, 6.07) is 7.51. The summed E-state index contributed by atoms with van der Waals surface area (Å²) in [5.74, 6) is 1.79. The standard InChI is InChI=1S/C18H24N2O5/c1-23-15-5-2-6-16(10-15)25-13-14-4-3-7-19(11-14)17(21)12-20-8-9-24-18(20)22/h2,5-6,10,14H,3-4,7-9,11-13H2,1H3. The number of cyclic esters (lactones) is 1. The van der Waals surface area contributed by atoms with Crippen molar-refractivity contribution in [2.75, 3.05) is 46.5 Å². The third kappa shape index (κ3) is 4.55. The largest absolute Gasteiger partial charge is 0.497 e. The number of likely N-dealkylation sites (tertiary alicyclic amines) is 1. The van der Waals surface area contributed by atoms with Crippen LogP contribution in [0.15, 0.2) is 24.3 Å². The molecule has 0 aliphatic carbocycles. The van der Waals surface area contributed by atoms with Gasteiger partial charge in [0.1, 0.15) is 24.7 Å². The first kappa shape index (κ1) is 17.4. The van der Waals surface area contributed by atoms with E-state index in [4.69, 9.17) is 14.2 Å². The number of hydrogen-bond donors (Lipinski definition) is 0. The lowest BCUT2D eigenvalue weighted by Gasteiger charge is -2.33. The second-order valence-electron chi connectivity index (χ2n) is 6.37. The number of methoxy groups -OCH3 is 1. The predicted molar refractivity (Wildman–Crippen MR) is 90.7 cm³/mol. The fourth-order valence-electron chi connectivity index (χ4n) is 3.17. The Balaban J connectivity index is 1.48. The topological polar surface area (TPSA) is 68.3 Å². The molecule has 0 radical (unpaired) electrons. The van der Waals surface area contributed by atoms with E-state index in [1.54, 1.807) is 7.11 Å². The van der Waals surface area contributed by atoms with Crippen molar-refractivity contribution in [1.82, 2.24) is 9.80 Å². The maximum atomic E-state index is 12.4. The number of piperidine rings is 1. The number of rotatable bonds is 6. The summed E-state index contributed by atoms with van der Waals surface area (Å²) < 4.78 is 15.9. The minimum absolute atomic E-state index is 0.0232. The zero-order valence-electron chi connectivity index (χ0n) is 14.5. The predicted octanol–water partition coefficient (Wildman–Crippen LogP) is 1.76. The fourth-order valence-corrected chi connectivity index (χ4v) is 3.17. The molecule has 3 rings (SSSR count). The lowest BCUT2D eigenvalue weighted by atomic mass is 9.99. The Bertz CT molecular complexity index is 621. The Kier molecular flexibility index (Phi) is 5.63. The van der Waals surface area contributed by atoms with E-state index in [0.29, 0.717) is 26.3 Å². The molecule has 7 heteroatoms.